The van der Waals surface area contributed by atoms with Crippen LogP contribution >= 0.6 is 0 Å². The van der Waals surface area contributed by atoms with Gasteiger partial charge in [-0.1, -0.05) is 13.3 Å². The Morgan fingerprint density at radius 3 is 2.80 bits per heavy atom. The van der Waals surface area contributed by atoms with Crippen LogP contribution in [0.4, 0.5) is 0 Å². The van der Waals surface area contributed by atoms with Crippen LogP contribution in [0.25, 0.3) is 0 Å². The second-order valence-electron chi connectivity index (χ2n) is 6.64. The molecule has 4 heteroatoms. The Morgan fingerprint density at radius 2 is 2.10 bits per heavy atom. The summed E-state index contributed by atoms with van der Waals surface area (Å²) >= 11 is 0. The lowest BCUT2D eigenvalue weighted by atomic mass is 9.79. The van der Waals surface area contributed by atoms with E-state index in [1.807, 2.05) is 0 Å². The van der Waals surface area contributed by atoms with Crippen LogP contribution in [-0.2, 0) is 9.53 Å². The molecule has 116 valence electrons. The predicted octanol–water partition coefficient (Wildman–Crippen LogP) is 2.31. The zero-order valence-corrected chi connectivity index (χ0v) is 13.1. The highest BCUT2D eigenvalue weighted by atomic mass is 16.5. The van der Waals surface area contributed by atoms with Crippen LogP contribution in [0.3, 0.4) is 0 Å². The number of carbonyl (C=O) groups excluding carboxylic acids is 1. The van der Waals surface area contributed by atoms with Gasteiger partial charge in [0, 0.05) is 6.04 Å². The highest BCUT2D eigenvalue weighted by Crippen LogP contribution is 2.32. The van der Waals surface area contributed by atoms with Crippen molar-refractivity contribution in [2.45, 2.75) is 69.9 Å². The summed E-state index contributed by atoms with van der Waals surface area (Å²) < 4.78 is 4.91. The van der Waals surface area contributed by atoms with Crippen LogP contribution in [0.15, 0.2) is 0 Å². The minimum absolute atomic E-state index is 0.233. The molecule has 0 bridgehead atoms. The van der Waals surface area contributed by atoms with Gasteiger partial charge in [-0.15, -0.1) is 0 Å². The molecule has 2 rings (SSSR count). The molecular formula is C16H30N2O2. The van der Waals surface area contributed by atoms with Crippen molar-refractivity contribution < 1.29 is 9.53 Å². The van der Waals surface area contributed by atoms with E-state index in [-0.39, 0.29) is 5.97 Å². The number of hydrogen-bond donors (Lipinski definition) is 1. The fraction of sp³-hybridized carbons (Fsp3) is 0.938. The molecule has 20 heavy (non-hydrogen) atoms. The molecule has 3 atom stereocenters. The largest absolute Gasteiger partial charge is 0.468 e. The summed E-state index contributed by atoms with van der Waals surface area (Å²) in [5.74, 6) is 0.648. The lowest BCUT2D eigenvalue weighted by Crippen LogP contribution is -2.56. The van der Waals surface area contributed by atoms with Crippen molar-refractivity contribution >= 4 is 5.97 Å². The van der Waals surface area contributed by atoms with Gasteiger partial charge >= 0.3 is 5.97 Å². The molecule has 1 aliphatic heterocycles. The van der Waals surface area contributed by atoms with Crippen molar-refractivity contribution in [3.05, 3.63) is 0 Å². The average molecular weight is 282 g/mol. The molecule has 3 unspecified atom stereocenters. The molecule has 0 amide bonds. The predicted molar refractivity (Wildman–Crippen MR) is 80.4 cm³/mol. The summed E-state index contributed by atoms with van der Waals surface area (Å²) in [6.45, 7) is 4.63. The molecule has 1 aliphatic carbocycles. The summed E-state index contributed by atoms with van der Waals surface area (Å²) in [6, 6.07) is 0.462. The molecule has 1 saturated heterocycles. The lowest BCUT2D eigenvalue weighted by molar-refractivity contribution is -0.149. The maximum absolute atomic E-state index is 11.9. The maximum atomic E-state index is 11.9. The molecule has 0 aromatic rings. The number of methoxy groups -OCH3 is 1. The fourth-order valence-corrected chi connectivity index (χ4v) is 3.94. The highest BCUT2D eigenvalue weighted by molar-refractivity contribution is 5.80. The van der Waals surface area contributed by atoms with Gasteiger partial charge in [0.2, 0.25) is 0 Å². The maximum Gasteiger partial charge on any atom is 0.325 e. The molecule has 1 heterocycles. The second kappa shape index (κ2) is 6.90. The van der Waals surface area contributed by atoms with Gasteiger partial charge in [0.05, 0.1) is 7.11 Å². The Bertz CT molecular complexity index is 334. The number of rotatable bonds is 3. The molecule has 0 radical (unpaired) electrons. The first-order valence-corrected chi connectivity index (χ1v) is 8.20. The number of ether oxygens (including phenoxy) is 1. The van der Waals surface area contributed by atoms with Crippen molar-refractivity contribution in [1.82, 2.24) is 4.90 Å². The molecular weight excluding hydrogens is 252 g/mol. The number of nitrogens with zero attached hydrogens (tertiary/aromatic N) is 1. The number of likely N-dealkylation sites (tertiary alicyclic amines) is 1. The Morgan fingerprint density at radius 1 is 1.30 bits per heavy atom. The van der Waals surface area contributed by atoms with E-state index >= 15 is 0 Å². The van der Waals surface area contributed by atoms with Gasteiger partial charge in [0.25, 0.3) is 0 Å². The van der Waals surface area contributed by atoms with Gasteiger partial charge in [0.15, 0.2) is 0 Å². The molecule has 2 fully saturated rings. The molecule has 2 N–H and O–H groups in total. The summed E-state index contributed by atoms with van der Waals surface area (Å²) in [7, 11) is 1.44. The zero-order chi connectivity index (χ0) is 14.6. The van der Waals surface area contributed by atoms with Crippen molar-refractivity contribution in [2.24, 2.45) is 11.7 Å². The van der Waals surface area contributed by atoms with E-state index in [9.17, 15) is 4.79 Å². The summed E-state index contributed by atoms with van der Waals surface area (Å²) in [5.41, 5.74) is 5.55. The quantitative estimate of drug-likeness (QED) is 0.807. The normalized spacial score (nSPS) is 36.4. The molecule has 0 aromatic carbocycles. The lowest BCUT2D eigenvalue weighted by Gasteiger charge is -2.40. The number of nitrogens with two attached hydrogens (primary N) is 1. The SMILES string of the molecule is CCC1CCCN(C2CCCC(N)(C(=O)OC)C2)CC1. The molecule has 2 aliphatic rings. The van der Waals surface area contributed by atoms with E-state index in [1.54, 1.807) is 0 Å². The Balaban J connectivity index is 1.96. The Labute approximate surface area is 123 Å². The minimum Gasteiger partial charge on any atom is -0.468 e. The highest BCUT2D eigenvalue weighted by Gasteiger charge is 2.42. The summed E-state index contributed by atoms with van der Waals surface area (Å²) in [6.07, 6.45) is 8.95. The monoisotopic (exact) mass is 282 g/mol. The van der Waals surface area contributed by atoms with E-state index in [4.69, 9.17) is 10.5 Å². The Hall–Kier alpha value is -0.610. The third-order valence-electron chi connectivity index (χ3n) is 5.33. The molecule has 1 saturated carbocycles. The van der Waals surface area contributed by atoms with E-state index in [2.05, 4.69) is 11.8 Å². The van der Waals surface area contributed by atoms with Crippen molar-refractivity contribution in [3.8, 4) is 0 Å². The van der Waals surface area contributed by atoms with Gasteiger partial charge in [-0.3, -0.25) is 4.79 Å². The van der Waals surface area contributed by atoms with Crippen LogP contribution in [0.1, 0.15) is 58.3 Å². The van der Waals surface area contributed by atoms with Gasteiger partial charge in [-0.25, -0.2) is 0 Å². The van der Waals surface area contributed by atoms with Crippen LogP contribution < -0.4 is 5.73 Å². The first-order valence-electron chi connectivity index (χ1n) is 8.20. The standard InChI is InChI=1S/C16H30N2O2/c1-3-13-6-5-10-18(11-8-13)14-7-4-9-16(17,12-14)15(19)20-2/h13-14H,3-12,17H2,1-2H3. The number of carbonyl (C=O) groups is 1. The van der Waals surface area contributed by atoms with E-state index in [1.165, 1.54) is 52.3 Å². The smallest absolute Gasteiger partial charge is 0.325 e. The average Bonchev–Trinajstić information content (AvgIpc) is 2.71. The first-order chi connectivity index (χ1) is 9.59. The molecule has 0 spiro atoms. The van der Waals surface area contributed by atoms with E-state index in [0.717, 1.165) is 25.2 Å². The topological polar surface area (TPSA) is 55.6 Å². The van der Waals surface area contributed by atoms with Gasteiger partial charge < -0.3 is 15.4 Å². The van der Waals surface area contributed by atoms with E-state index in [0.29, 0.717) is 6.04 Å². The van der Waals surface area contributed by atoms with Crippen molar-refractivity contribution in [3.63, 3.8) is 0 Å². The van der Waals surface area contributed by atoms with Gasteiger partial charge in [0.1, 0.15) is 5.54 Å². The summed E-state index contributed by atoms with van der Waals surface area (Å²) in [4.78, 5) is 14.5. The third kappa shape index (κ3) is 3.53. The third-order valence-corrected chi connectivity index (χ3v) is 5.33. The second-order valence-corrected chi connectivity index (χ2v) is 6.64. The number of esters is 1. The van der Waals surface area contributed by atoms with Crippen LogP contribution in [0, 0.1) is 5.92 Å². The van der Waals surface area contributed by atoms with Gasteiger partial charge in [-0.05, 0) is 64.0 Å². The van der Waals surface area contributed by atoms with Gasteiger partial charge in [-0.2, -0.15) is 0 Å². The van der Waals surface area contributed by atoms with Crippen LogP contribution in [0.5, 0.6) is 0 Å². The molecule has 4 nitrogen and oxygen atoms in total. The molecule has 0 aromatic heterocycles. The van der Waals surface area contributed by atoms with Crippen LogP contribution in [0.2, 0.25) is 0 Å². The van der Waals surface area contributed by atoms with Crippen molar-refractivity contribution in [2.75, 3.05) is 20.2 Å². The fourth-order valence-electron chi connectivity index (χ4n) is 3.94. The summed E-state index contributed by atoms with van der Waals surface area (Å²) in [5, 5.41) is 0. The Kier molecular flexibility index (Phi) is 5.44. The van der Waals surface area contributed by atoms with Crippen molar-refractivity contribution in [1.29, 1.82) is 0 Å². The number of hydrogen-bond acceptors (Lipinski definition) is 4. The first kappa shape index (κ1) is 15.8. The zero-order valence-electron chi connectivity index (χ0n) is 13.1. The van der Waals surface area contributed by atoms with E-state index < -0.39 is 5.54 Å². The van der Waals surface area contributed by atoms with Crippen LogP contribution in [-0.4, -0.2) is 42.6 Å². The minimum atomic E-state index is -0.756.